The number of nitrogens with one attached hydrogen (secondary N) is 2. The second-order valence-corrected chi connectivity index (χ2v) is 13.2. The van der Waals surface area contributed by atoms with Gasteiger partial charge in [-0.2, -0.15) is 9.97 Å². The third-order valence-electron chi connectivity index (χ3n) is 8.91. The maximum atomic E-state index is 13.5. The highest BCUT2D eigenvalue weighted by Crippen LogP contribution is 2.43. The highest BCUT2D eigenvalue weighted by Gasteiger charge is 2.54. The van der Waals surface area contributed by atoms with Gasteiger partial charge < -0.3 is 46.2 Å². The Labute approximate surface area is 300 Å². The quantitative estimate of drug-likeness (QED) is 0.101. The number of ether oxygens (including phenoxy) is 4. The number of anilines is 2. The van der Waals surface area contributed by atoms with E-state index in [9.17, 15) is 14.7 Å². The first-order valence-electron chi connectivity index (χ1n) is 17.2. The van der Waals surface area contributed by atoms with Crippen molar-refractivity contribution in [3.05, 3.63) is 42.0 Å². The van der Waals surface area contributed by atoms with Crippen molar-refractivity contribution in [3.8, 4) is 5.75 Å². The Morgan fingerprint density at radius 1 is 1.02 bits per heavy atom. The van der Waals surface area contributed by atoms with Crippen LogP contribution in [0.1, 0.15) is 58.3 Å². The SMILES string of the molecule is CCn1nnnc1[C@H]1O[C@@H](n2cnc3c(NC(CO)Cc4ccc(OC)cc4)nc(NC)nc32)[C@H](OC(=O)[C@@H](N)C(C)C)[C@@H]1OC(=O)[C@@H](N)C(C)C. The van der Waals surface area contributed by atoms with Crippen molar-refractivity contribution in [3.63, 3.8) is 0 Å². The Kier molecular flexibility index (Phi) is 12.2. The minimum Gasteiger partial charge on any atom is -0.497 e. The Morgan fingerprint density at radius 2 is 1.67 bits per heavy atom. The molecule has 7 N–H and O–H groups in total. The van der Waals surface area contributed by atoms with Gasteiger partial charge in [0.05, 0.1) is 26.1 Å². The van der Waals surface area contributed by atoms with Gasteiger partial charge in [-0.3, -0.25) is 14.2 Å². The predicted molar refractivity (Wildman–Crippen MR) is 188 cm³/mol. The van der Waals surface area contributed by atoms with Crippen molar-refractivity contribution in [1.29, 1.82) is 0 Å². The molecule has 4 heterocycles. The number of nitrogens with two attached hydrogens (primary N) is 2. The number of methoxy groups -OCH3 is 1. The second-order valence-electron chi connectivity index (χ2n) is 13.2. The van der Waals surface area contributed by atoms with Crippen molar-refractivity contribution in [2.45, 2.75) is 90.2 Å². The number of aromatic nitrogens is 8. The summed E-state index contributed by atoms with van der Waals surface area (Å²) in [4.78, 5) is 40.8. The fourth-order valence-electron chi connectivity index (χ4n) is 5.65. The van der Waals surface area contributed by atoms with Crippen LogP contribution in [0, 0.1) is 11.8 Å². The monoisotopic (exact) mass is 724 g/mol. The van der Waals surface area contributed by atoms with E-state index in [1.165, 1.54) is 11.0 Å². The van der Waals surface area contributed by atoms with Crippen LogP contribution in [-0.4, -0.2) is 108 Å². The highest BCUT2D eigenvalue weighted by molar-refractivity contribution is 5.84. The molecule has 282 valence electrons. The van der Waals surface area contributed by atoms with Gasteiger partial charge in [0.1, 0.15) is 17.8 Å². The summed E-state index contributed by atoms with van der Waals surface area (Å²) in [6.45, 7) is 9.13. The molecule has 0 saturated carbocycles. The number of carbonyl (C=O) groups excluding carboxylic acids is 2. The number of aliphatic hydroxyl groups is 1. The van der Waals surface area contributed by atoms with E-state index < -0.39 is 54.6 Å². The van der Waals surface area contributed by atoms with Crippen LogP contribution in [0.2, 0.25) is 0 Å². The zero-order valence-corrected chi connectivity index (χ0v) is 30.3. The molecular formula is C33H48N12O7. The van der Waals surface area contributed by atoms with E-state index in [-0.39, 0.29) is 35.9 Å². The lowest BCUT2D eigenvalue weighted by Gasteiger charge is -2.27. The number of fused-ring (bicyclic) bond motifs is 1. The maximum Gasteiger partial charge on any atom is 0.323 e. The molecule has 1 aliphatic heterocycles. The van der Waals surface area contributed by atoms with Gasteiger partial charge in [-0.1, -0.05) is 39.8 Å². The van der Waals surface area contributed by atoms with Crippen LogP contribution >= 0.6 is 0 Å². The molecule has 1 unspecified atom stereocenters. The zero-order chi connectivity index (χ0) is 37.7. The summed E-state index contributed by atoms with van der Waals surface area (Å²) in [5.74, 6) is -0.484. The van der Waals surface area contributed by atoms with Crippen molar-refractivity contribution in [1.82, 2.24) is 39.7 Å². The minimum atomic E-state index is -1.28. The molecular weight excluding hydrogens is 676 g/mol. The van der Waals surface area contributed by atoms with E-state index >= 15 is 0 Å². The van der Waals surface area contributed by atoms with Gasteiger partial charge in [-0.05, 0) is 53.3 Å². The second kappa shape index (κ2) is 16.6. The van der Waals surface area contributed by atoms with E-state index in [1.54, 1.807) is 46.4 Å². The molecule has 52 heavy (non-hydrogen) atoms. The molecule has 7 atom stereocenters. The van der Waals surface area contributed by atoms with Gasteiger partial charge in [-0.15, -0.1) is 5.10 Å². The number of aliphatic hydroxyl groups excluding tert-OH is 1. The first-order chi connectivity index (χ1) is 24.9. The van der Waals surface area contributed by atoms with Crippen molar-refractivity contribution >= 4 is 34.9 Å². The lowest BCUT2D eigenvalue weighted by atomic mass is 10.0. The summed E-state index contributed by atoms with van der Waals surface area (Å²) in [7, 11) is 3.25. The Balaban J connectivity index is 1.58. The number of rotatable bonds is 16. The fourth-order valence-corrected chi connectivity index (χ4v) is 5.65. The molecule has 0 bridgehead atoms. The fraction of sp³-hybridized carbons (Fsp3) is 0.576. The number of esters is 2. The number of hydrogen-bond acceptors (Lipinski definition) is 17. The summed E-state index contributed by atoms with van der Waals surface area (Å²) in [5.41, 5.74) is 14.0. The van der Waals surface area contributed by atoms with Crippen LogP contribution in [0.4, 0.5) is 11.8 Å². The van der Waals surface area contributed by atoms with Gasteiger partial charge in [0.15, 0.2) is 47.3 Å². The van der Waals surface area contributed by atoms with Crippen LogP contribution in [0.5, 0.6) is 5.75 Å². The molecule has 1 fully saturated rings. The first-order valence-corrected chi connectivity index (χ1v) is 17.2. The van der Waals surface area contributed by atoms with Gasteiger partial charge in [0, 0.05) is 13.6 Å². The van der Waals surface area contributed by atoms with Crippen LogP contribution in [0.25, 0.3) is 11.2 Å². The number of nitrogens with zero attached hydrogens (tertiary/aromatic N) is 8. The zero-order valence-electron chi connectivity index (χ0n) is 30.3. The van der Waals surface area contributed by atoms with E-state index in [4.69, 9.17) is 30.4 Å². The molecule has 1 aliphatic rings. The summed E-state index contributed by atoms with van der Waals surface area (Å²) in [5, 5.41) is 28.6. The molecule has 0 radical (unpaired) electrons. The summed E-state index contributed by atoms with van der Waals surface area (Å²) < 4.78 is 27.0. The Hall–Kier alpha value is -4.98. The molecule has 1 saturated heterocycles. The molecule has 5 rings (SSSR count). The first kappa shape index (κ1) is 38.3. The molecule has 4 aromatic rings. The molecule has 0 spiro atoms. The normalized spacial score (nSPS) is 20.5. The summed E-state index contributed by atoms with van der Waals surface area (Å²) in [6, 6.07) is 5.09. The van der Waals surface area contributed by atoms with Crippen molar-refractivity contribution < 1.29 is 33.6 Å². The number of tetrazole rings is 1. The average Bonchev–Trinajstić information content (AvgIpc) is 3.88. The van der Waals surface area contributed by atoms with Gasteiger partial charge in [0.25, 0.3) is 0 Å². The number of imidazole rings is 1. The third kappa shape index (κ3) is 8.06. The number of hydrogen-bond donors (Lipinski definition) is 5. The predicted octanol–water partition coefficient (Wildman–Crippen LogP) is 0.959. The number of benzene rings is 1. The standard InChI is InChI=1S/C33H48N12O7/c1-8-45-29(41-42-43-45)25-24(51-31(47)21(34)16(2)3)26(52-32(48)22(35)17(4)5)30(50-25)44-15-37-23-27(39-33(36-6)40-28(23)44)38-19(14-46)13-18-9-11-20(49-7)12-10-18/h9-12,15-17,19,21-22,24-26,30,46H,8,13-14,34-35H2,1-7H3,(H2,36,38,39,40)/t19?,21-,22-,24+,25-,26+,30+/m0/s1. The minimum absolute atomic E-state index is 0.216. The Morgan fingerprint density at radius 3 is 2.25 bits per heavy atom. The van der Waals surface area contributed by atoms with E-state index in [0.717, 1.165) is 11.3 Å². The average molecular weight is 725 g/mol. The van der Waals surface area contributed by atoms with Crippen LogP contribution < -0.4 is 26.8 Å². The maximum absolute atomic E-state index is 13.5. The summed E-state index contributed by atoms with van der Waals surface area (Å²) >= 11 is 0. The van der Waals surface area contributed by atoms with Gasteiger partial charge in [0.2, 0.25) is 5.95 Å². The topological polar surface area (TPSA) is 255 Å². The number of carbonyl (C=O) groups is 2. The Bertz CT molecular complexity index is 1810. The highest BCUT2D eigenvalue weighted by atomic mass is 16.6. The smallest absolute Gasteiger partial charge is 0.323 e. The lowest BCUT2D eigenvalue weighted by molar-refractivity contribution is -0.171. The van der Waals surface area contributed by atoms with Crippen LogP contribution in [0.3, 0.4) is 0 Å². The van der Waals surface area contributed by atoms with Crippen LogP contribution in [-0.2, 0) is 36.8 Å². The van der Waals surface area contributed by atoms with Crippen molar-refractivity contribution in [2.24, 2.45) is 23.3 Å². The molecule has 3 aromatic heterocycles. The summed E-state index contributed by atoms with van der Waals surface area (Å²) in [6.07, 6.45) is -2.91. The van der Waals surface area contributed by atoms with E-state index in [1.807, 2.05) is 31.2 Å². The molecule has 1 aromatic carbocycles. The molecule has 19 heteroatoms. The van der Waals surface area contributed by atoms with E-state index in [0.29, 0.717) is 24.3 Å². The largest absolute Gasteiger partial charge is 0.497 e. The number of aryl methyl sites for hydroxylation is 1. The van der Waals surface area contributed by atoms with E-state index in [2.05, 4.69) is 41.1 Å². The van der Waals surface area contributed by atoms with Crippen LogP contribution in [0.15, 0.2) is 30.6 Å². The molecule has 0 amide bonds. The van der Waals surface area contributed by atoms with Gasteiger partial charge >= 0.3 is 11.9 Å². The van der Waals surface area contributed by atoms with Crippen molar-refractivity contribution in [2.75, 3.05) is 31.4 Å². The van der Waals surface area contributed by atoms with Gasteiger partial charge in [-0.25, -0.2) is 9.67 Å². The third-order valence-corrected chi connectivity index (χ3v) is 8.91. The molecule has 0 aliphatic carbocycles. The lowest BCUT2D eigenvalue weighted by Crippen LogP contribution is -2.46. The molecule has 19 nitrogen and oxygen atoms in total.